The summed E-state index contributed by atoms with van der Waals surface area (Å²) in [5.74, 6) is 0.190. The fourth-order valence-corrected chi connectivity index (χ4v) is 3.20. The molecule has 0 unspecified atom stereocenters. The molecule has 0 saturated heterocycles. The van der Waals surface area contributed by atoms with Crippen LogP contribution in [-0.2, 0) is 10.0 Å². The Morgan fingerprint density at radius 3 is 2.43 bits per heavy atom. The lowest BCUT2D eigenvalue weighted by molar-refractivity contribution is 0.601. The van der Waals surface area contributed by atoms with Crippen molar-refractivity contribution >= 4 is 38.2 Å². The molecule has 0 bridgehead atoms. The molecule has 0 fully saturated rings. The van der Waals surface area contributed by atoms with Crippen LogP contribution in [0.2, 0.25) is 5.15 Å². The minimum absolute atomic E-state index is 0.183. The third kappa shape index (κ3) is 2.99. The second kappa shape index (κ2) is 5.35. The smallest absolute Gasteiger partial charge is 0.263 e. The maximum atomic E-state index is 12.4. The highest BCUT2D eigenvalue weighted by atomic mass is 35.5. The first-order chi connectivity index (χ1) is 10.0. The molecule has 0 atom stereocenters. The van der Waals surface area contributed by atoms with E-state index in [9.17, 15) is 8.42 Å². The van der Waals surface area contributed by atoms with Crippen LogP contribution in [0.25, 0.3) is 10.8 Å². The Morgan fingerprint density at radius 1 is 0.905 bits per heavy atom. The van der Waals surface area contributed by atoms with Gasteiger partial charge in [0.1, 0.15) is 11.0 Å². The average molecular weight is 319 g/mol. The zero-order valence-corrected chi connectivity index (χ0v) is 12.4. The van der Waals surface area contributed by atoms with Gasteiger partial charge in [-0.25, -0.2) is 13.4 Å². The molecular weight excluding hydrogens is 308 g/mol. The molecule has 1 heterocycles. The standard InChI is InChI=1S/C15H11ClN2O2S/c16-14-6-3-7-15(17-14)18-21(19,20)13-9-8-11-4-1-2-5-12(11)10-13/h1-10H,(H,17,18). The number of aromatic nitrogens is 1. The summed E-state index contributed by atoms with van der Waals surface area (Å²) >= 11 is 5.75. The molecule has 0 aliphatic carbocycles. The number of pyridine rings is 1. The lowest BCUT2D eigenvalue weighted by Crippen LogP contribution is -2.13. The van der Waals surface area contributed by atoms with Gasteiger partial charge in [-0.05, 0) is 35.0 Å². The summed E-state index contributed by atoms with van der Waals surface area (Å²) in [4.78, 5) is 4.10. The Bertz CT molecular complexity index is 910. The van der Waals surface area contributed by atoms with Crippen LogP contribution in [-0.4, -0.2) is 13.4 Å². The second-order valence-electron chi connectivity index (χ2n) is 4.46. The van der Waals surface area contributed by atoms with Crippen LogP contribution < -0.4 is 4.72 Å². The van der Waals surface area contributed by atoms with Crippen molar-refractivity contribution in [2.24, 2.45) is 0 Å². The first kappa shape index (κ1) is 13.9. The maximum absolute atomic E-state index is 12.4. The van der Waals surface area contributed by atoms with Crippen molar-refractivity contribution in [3.05, 3.63) is 65.8 Å². The van der Waals surface area contributed by atoms with Gasteiger partial charge in [0, 0.05) is 0 Å². The monoisotopic (exact) mass is 318 g/mol. The van der Waals surface area contributed by atoms with Crippen LogP contribution in [0.3, 0.4) is 0 Å². The highest BCUT2D eigenvalue weighted by molar-refractivity contribution is 7.92. The minimum Gasteiger partial charge on any atom is -0.263 e. The van der Waals surface area contributed by atoms with Crippen molar-refractivity contribution in [1.82, 2.24) is 4.98 Å². The molecule has 0 amide bonds. The normalized spacial score (nSPS) is 11.5. The van der Waals surface area contributed by atoms with Crippen LogP contribution in [0.15, 0.2) is 65.6 Å². The third-order valence-corrected chi connectivity index (χ3v) is 4.55. The highest BCUT2D eigenvalue weighted by Gasteiger charge is 2.15. The Hall–Kier alpha value is -2.11. The first-order valence-electron chi connectivity index (χ1n) is 6.19. The van der Waals surface area contributed by atoms with Crippen molar-refractivity contribution in [3.8, 4) is 0 Å². The quantitative estimate of drug-likeness (QED) is 0.749. The molecule has 0 spiro atoms. The number of benzene rings is 2. The van der Waals surface area contributed by atoms with Crippen molar-refractivity contribution in [3.63, 3.8) is 0 Å². The molecule has 3 rings (SSSR count). The van der Waals surface area contributed by atoms with Crippen molar-refractivity contribution in [2.75, 3.05) is 4.72 Å². The van der Waals surface area contributed by atoms with E-state index in [0.717, 1.165) is 10.8 Å². The number of anilines is 1. The van der Waals surface area contributed by atoms with E-state index >= 15 is 0 Å². The molecule has 1 aromatic heterocycles. The number of nitrogens with one attached hydrogen (secondary N) is 1. The molecule has 0 aliphatic heterocycles. The predicted molar refractivity (Wildman–Crippen MR) is 84.0 cm³/mol. The van der Waals surface area contributed by atoms with E-state index in [1.165, 1.54) is 0 Å². The zero-order valence-electron chi connectivity index (χ0n) is 10.8. The Morgan fingerprint density at radius 2 is 1.67 bits per heavy atom. The first-order valence-corrected chi connectivity index (χ1v) is 8.05. The van der Waals surface area contributed by atoms with Gasteiger partial charge in [-0.3, -0.25) is 4.72 Å². The Kier molecular flexibility index (Phi) is 3.53. The second-order valence-corrected chi connectivity index (χ2v) is 6.53. The molecule has 3 aromatic rings. The van der Waals surface area contributed by atoms with Gasteiger partial charge in [0.15, 0.2) is 0 Å². The van der Waals surface area contributed by atoms with Crippen LogP contribution in [0.5, 0.6) is 0 Å². The molecule has 0 aliphatic rings. The van der Waals surface area contributed by atoms with Crippen LogP contribution >= 0.6 is 11.6 Å². The summed E-state index contributed by atoms with van der Waals surface area (Å²) in [7, 11) is -3.69. The topological polar surface area (TPSA) is 59.1 Å². The molecular formula is C15H11ClN2O2S. The van der Waals surface area contributed by atoms with E-state index in [1.807, 2.05) is 24.3 Å². The van der Waals surface area contributed by atoms with E-state index < -0.39 is 10.0 Å². The fourth-order valence-electron chi connectivity index (χ4n) is 2.00. The Labute approximate surface area is 127 Å². The summed E-state index contributed by atoms with van der Waals surface area (Å²) in [6, 6.07) is 17.3. The molecule has 0 saturated carbocycles. The molecule has 21 heavy (non-hydrogen) atoms. The van der Waals surface area contributed by atoms with Gasteiger partial charge in [-0.1, -0.05) is 48.0 Å². The average Bonchev–Trinajstić information content (AvgIpc) is 2.46. The summed E-state index contributed by atoms with van der Waals surface area (Å²) in [5.41, 5.74) is 0. The number of hydrogen-bond acceptors (Lipinski definition) is 3. The summed E-state index contributed by atoms with van der Waals surface area (Å²) in [5, 5.41) is 2.07. The SMILES string of the molecule is O=S(=O)(Nc1cccc(Cl)n1)c1ccc2ccccc2c1. The molecule has 106 valence electrons. The number of halogens is 1. The highest BCUT2D eigenvalue weighted by Crippen LogP contribution is 2.21. The van der Waals surface area contributed by atoms with E-state index in [1.54, 1.807) is 36.4 Å². The number of nitrogens with zero attached hydrogens (tertiary/aromatic N) is 1. The van der Waals surface area contributed by atoms with Crippen molar-refractivity contribution < 1.29 is 8.42 Å². The van der Waals surface area contributed by atoms with Gasteiger partial charge in [-0.15, -0.1) is 0 Å². The summed E-state index contributed by atoms with van der Waals surface area (Å²) < 4.78 is 27.1. The lowest BCUT2D eigenvalue weighted by atomic mass is 10.1. The molecule has 1 N–H and O–H groups in total. The van der Waals surface area contributed by atoms with Crippen LogP contribution in [0, 0.1) is 0 Å². The van der Waals surface area contributed by atoms with Gasteiger partial charge in [0.25, 0.3) is 10.0 Å². The van der Waals surface area contributed by atoms with E-state index in [2.05, 4.69) is 9.71 Å². The van der Waals surface area contributed by atoms with Gasteiger partial charge < -0.3 is 0 Å². The number of rotatable bonds is 3. The van der Waals surface area contributed by atoms with Gasteiger partial charge in [0.05, 0.1) is 4.90 Å². The number of sulfonamides is 1. The largest absolute Gasteiger partial charge is 0.263 e. The molecule has 2 aromatic carbocycles. The zero-order chi connectivity index (χ0) is 14.9. The number of hydrogen-bond donors (Lipinski definition) is 1. The molecule has 4 nitrogen and oxygen atoms in total. The van der Waals surface area contributed by atoms with Gasteiger partial charge >= 0.3 is 0 Å². The van der Waals surface area contributed by atoms with Crippen LogP contribution in [0.1, 0.15) is 0 Å². The van der Waals surface area contributed by atoms with E-state index in [0.29, 0.717) is 0 Å². The van der Waals surface area contributed by atoms with E-state index in [4.69, 9.17) is 11.6 Å². The Balaban J connectivity index is 2.00. The van der Waals surface area contributed by atoms with Crippen molar-refractivity contribution in [1.29, 1.82) is 0 Å². The third-order valence-electron chi connectivity index (χ3n) is 2.99. The van der Waals surface area contributed by atoms with Crippen molar-refractivity contribution in [2.45, 2.75) is 4.90 Å². The minimum atomic E-state index is -3.69. The van der Waals surface area contributed by atoms with Gasteiger partial charge in [-0.2, -0.15) is 0 Å². The van der Waals surface area contributed by atoms with Crippen LogP contribution in [0.4, 0.5) is 5.82 Å². The lowest BCUT2D eigenvalue weighted by Gasteiger charge is -2.08. The van der Waals surface area contributed by atoms with Gasteiger partial charge in [0.2, 0.25) is 0 Å². The predicted octanol–water partition coefficient (Wildman–Crippen LogP) is 3.69. The van der Waals surface area contributed by atoms with E-state index in [-0.39, 0.29) is 15.9 Å². The number of fused-ring (bicyclic) bond motifs is 1. The molecule has 0 radical (unpaired) electrons. The maximum Gasteiger partial charge on any atom is 0.263 e. The summed E-state index contributed by atoms with van der Waals surface area (Å²) in [6.07, 6.45) is 0. The fraction of sp³-hybridized carbons (Fsp3) is 0. The summed E-state index contributed by atoms with van der Waals surface area (Å²) in [6.45, 7) is 0. The molecule has 6 heteroatoms.